The average molecular weight is 345 g/mol. The van der Waals surface area contributed by atoms with Gasteiger partial charge in [-0.15, -0.1) is 0 Å². The molecule has 134 valence electrons. The van der Waals surface area contributed by atoms with Crippen molar-refractivity contribution in [1.82, 2.24) is 5.32 Å². The van der Waals surface area contributed by atoms with Crippen molar-refractivity contribution in [2.24, 2.45) is 0 Å². The average Bonchev–Trinajstić information content (AvgIpc) is 2.68. The molecule has 0 aromatic heterocycles. The molecule has 1 saturated carbocycles. The van der Waals surface area contributed by atoms with Gasteiger partial charge >= 0.3 is 0 Å². The minimum absolute atomic E-state index is 0.363. The highest BCUT2D eigenvalue weighted by atomic mass is 15.0. The van der Waals surface area contributed by atoms with Gasteiger partial charge in [0.2, 0.25) is 0 Å². The molecule has 3 atom stereocenters. The normalized spacial score (nSPS) is 21.4. The quantitative estimate of drug-likeness (QED) is 0.601. The Morgan fingerprint density at radius 1 is 0.808 bits per heavy atom. The highest BCUT2D eigenvalue weighted by Crippen LogP contribution is 2.28. The molecule has 3 aromatic rings. The van der Waals surface area contributed by atoms with Crippen molar-refractivity contribution in [3.8, 4) is 0 Å². The molecule has 2 N–H and O–H groups in total. The molecule has 2 unspecified atom stereocenters. The zero-order valence-corrected chi connectivity index (χ0v) is 15.5. The lowest BCUT2D eigenvalue weighted by Crippen LogP contribution is -2.40. The fourth-order valence-corrected chi connectivity index (χ4v) is 4.31. The van der Waals surface area contributed by atoms with Gasteiger partial charge in [-0.05, 0) is 61.1 Å². The highest BCUT2D eigenvalue weighted by Gasteiger charge is 2.23. The van der Waals surface area contributed by atoms with E-state index in [0.29, 0.717) is 18.1 Å². The summed E-state index contributed by atoms with van der Waals surface area (Å²) in [5.74, 6) is 0. The Bertz CT molecular complexity index is 838. The van der Waals surface area contributed by atoms with Crippen molar-refractivity contribution >= 4 is 16.5 Å². The van der Waals surface area contributed by atoms with Crippen molar-refractivity contribution in [3.63, 3.8) is 0 Å². The fourth-order valence-electron chi connectivity index (χ4n) is 4.31. The van der Waals surface area contributed by atoms with Crippen LogP contribution in [0.15, 0.2) is 72.8 Å². The molecule has 0 amide bonds. The molecule has 1 fully saturated rings. The van der Waals surface area contributed by atoms with Crippen LogP contribution in [0.2, 0.25) is 0 Å². The highest BCUT2D eigenvalue weighted by molar-refractivity contribution is 5.86. The summed E-state index contributed by atoms with van der Waals surface area (Å²) in [6, 6.07) is 27.4. The standard InChI is InChI=1S/C24H28N2/c1-18(23-16-7-10-19-9-5-6-15-24(19)23)25-21-13-8-14-22(17-21)26-20-11-3-2-4-12-20/h2-7,9-12,15-16,18,21-22,25-26H,8,13-14,17H2,1H3/t18-,21?,22?/m1/s1. The molecular weight excluding hydrogens is 316 g/mol. The van der Waals surface area contributed by atoms with Gasteiger partial charge in [-0.2, -0.15) is 0 Å². The Morgan fingerprint density at radius 3 is 2.42 bits per heavy atom. The second-order valence-corrected chi connectivity index (χ2v) is 7.53. The number of anilines is 1. The van der Waals surface area contributed by atoms with Crippen LogP contribution in [0.1, 0.15) is 44.2 Å². The Morgan fingerprint density at radius 2 is 1.54 bits per heavy atom. The largest absolute Gasteiger partial charge is 0.382 e. The third-order valence-corrected chi connectivity index (χ3v) is 5.59. The van der Waals surface area contributed by atoms with Gasteiger partial charge in [0.15, 0.2) is 0 Å². The van der Waals surface area contributed by atoms with E-state index >= 15 is 0 Å². The van der Waals surface area contributed by atoms with Crippen LogP contribution in [-0.2, 0) is 0 Å². The van der Waals surface area contributed by atoms with Gasteiger partial charge in [0.05, 0.1) is 0 Å². The van der Waals surface area contributed by atoms with Gasteiger partial charge < -0.3 is 10.6 Å². The third kappa shape index (κ3) is 3.91. The number of fused-ring (bicyclic) bond motifs is 1. The maximum atomic E-state index is 3.90. The first kappa shape index (κ1) is 17.1. The molecule has 0 bridgehead atoms. The van der Waals surface area contributed by atoms with Crippen molar-refractivity contribution < 1.29 is 0 Å². The molecule has 0 radical (unpaired) electrons. The minimum Gasteiger partial charge on any atom is -0.382 e. The number of hydrogen-bond acceptors (Lipinski definition) is 2. The SMILES string of the molecule is C[C@@H](NC1CCCC(Nc2ccccc2)C1)c1cccc2ccccc12. The Hall–Kier alpha value is -2.32. The van der Waals surface area contributed by atoms with E-state index in [1.807, 2.05) is 0 Å². The van der Waals surface area contributed by atoms with Crippen molar-refractivity contribution in [1.29, 1.82) is 0 Å². The van der Waals surface area contributed by atoms with E-state index in [4.69, 9.17) is 0 Å². The summed E-state index contributed by atoms with van der Waals surface area (Å²) in [5, 5.41) is 10.3. The van der Waals surface area contributed by atoms with Crippen LogP contribution in [0.3, 0.4) is 0 Å². The van der Waals surface area contributed by atoms with Gasteiger partial charge in [-0.25, -0.2) is 0 Å². The van der Waals surface area contributed by atoms with Crippen LogP contribution in [-0.4, -0.2) is 12.1 Å². The predicted molar refractivity (Wildman–Crippen MR) is 112 cm³/mol. The molecule has 3 aromatic carbocycles. The molecule has 1 aliphatic rings. The molecule has 2 heteroatoms. The van der Waals surface area contributed by atoms with Crippen LogP contribution in [0.4, 0.5) is 5.69 Å². The summed E-state index contributed by atoms with van der Waals surface area (Å²) in [6.45, 7) is 2.30. The lowest BCUT2D eigenvalue weighted by atomic mass is 9.89. The number of hydrogen-bond donors (Lipinski definition) is 2. The maximum Gasteiger partial charge on any atom is 0.0342 e. The molecule has 1 aliphatic carbocycles. The van der Waals surface area contributed by atoms with Crippen LogP contribution >= 0.6 is 0 Å². The molecule has 0 spiro atoms. The summed E-state index contributed by atoms with van der Waals surface area (Å²) in [4.78, 5) is 0. The third-order valence-electron chi connectivity index (χ3n) is 5.59. The molecule has 26 heavy (non-hydrogen) atoms. The molecule has 4 rings (SSSR count). The molecule has 2 nitrogen and oxygen atoms in total. The van der Waals surface area contributed by atoms with E-state index < -0.39 is 0 Å². The molecular formula is C24H28N2. The van der Waals surface area contributed by atoms with Crippen molar-refractivity contribution in [3.05, 3.63) is 78.4 Å². The van der Waals surface area contributed by atoms with Crippen LogP contribution in [0.5, 0.6) is 0 Å². The van der Waals surface area contributed by atoms with Gasteiger partial charge in [0.1, 0.15) is 0 Å². The van der Waals surface area contributed by atoms with E-state index in [-0.39, 0.29) is 0 Å². The Labute approximate surface area is 156 Å². The second kappa shape index (κ2) is 7.92. The molecule has 0 heterocycles. The van der Waals surface area contributed by atoms with Gasteiger partial charge in [-0.1, -0.05) is 60.7 Å². The second-order valence-electron chi connectivity index (χ2n) is 7.53. The first-order valence-corrected chi connectivity index (χ1v) is 9.85. The fraction of sp³-hybridized carbons (Fsp3) is 0.333. The predicted octanol–water partition coefficient (Wildman–Crippen LogP) is 5.91. The Kier molecular flexibility index (Phi) is 5.21. The number of rotatable bonds is 5. The van der Waals surface area contributed by atoms with Crippen LogP contribution in [0.25, 0.3) is 10.8 Å². The summed E-state index contributed by atoms with van der Waals surface area (Å²) < 4.78 is 0. The first-order valence-electron chi connectivity index (χ1n) is 9.85. The molecule has 0 saturated heterocycles. The zero-order chi connectivity index (χ0) is 17.8. The first-order chi connectivity index (χ1) is 12.8. The maximum absolute atomic E-state index is 3.90. The van der Waals surface area contributed by atoms with E-state index in [2.05, 4.69) is 90.4 Å². The minimum atomic E-state index is 0.363. The summed E-state index contributed by atoms with van der Waals surface area (Å²) in [6.07, 6.45) is 4.99. The zero-order valence-electron chi connectivity index (χ0n) is 15.5. The van der Waals surface area contributed by atoms with E-state index in [9.17, 15) is 0 Å². The number of nitrogens with one attached hydrogen (secondary N) is 2. The summed E-state index contributed by atoms with van der Waals surface area (Å²) in [7, 11) is 0. The monoisotopic (exact) mass is 344 g/mol. The van der Waals surface area contributed by atoms with Crippen molar-refractivity contribution in [2.45, 2.75) is 50.7 Å². The smallest absolute Gasteiger partial charge is 0.0342 e. The Balaban J connectivity index is 1.43. The number of benzene rings is 3. The van der Waals surface area contributed by atoms with Crippen LogP contribution < -0.4 is 10.6 Å². The van der Waals surface area contributed by atoms with Gasteiger partial charge in [-0.3, -0.25) is 0 Å². The summed E-state index contributed by atoms with van der Waals surface area (Å²) >= 11 is 0. The van der Waals surface area contributed by atoms with Gasteiger partial charge in [0, 0.05) is 23.8 Å². The van der Waals surface area contributed by atoms with E-state index in [0.717, 1.165) is 0 Å². The van der Waals surface area contributed by atoms with E-state index in [1.54, 1.807) is 0 Å². The number of para-hydroxylation sites is 1. The van der Waals surface area contributed by atoms with E-state index in [1.165, 1.54) is 47.7 Å². The van der Waals surface area contributed by atoms with Gasteiger partial charge in [0.25, 0.3) is 0 Å². The van der Waals surface area contributed by atoms with Crippen LogP contribution in [0, 0.1) is 0 Å². The molecule has 0 aliphatic heterocycles. The van der Waals surface area contributed by atoms with Crippen molar-refractivity contribution in [2.75, 3.05) is 5.32 Å². The topological polar surface area (TPSA) is 24.1 Å². The summed E-state index contributed by atoms with van der Waals surface area (Å²) in [5.41, 5.74) is 2.64. The lowest BCUT2D eigenvalue weighted by molar-refractivity contribution is 0.329. The lowest BCUT2D eigenvalue weighted by Gasteiger charge is -2.33.